The van der Waals surface area contributed by atoms with Crippen molar-refractivity contribution in [3.63, 3.8) is 0 Å². The molecule has 0 spiro atoms. The Kier molecular flexibility index (Phi) is 5.43. The van der Waals surface area contributed by atoms with E-state index in [-0.39, 0.29) is 6.04 Å². The molecule has 0 amide bonds. The Balaban J connectivity index is 2.23. The first-order valence-corrected chi connectivity index (χ1v) is 7.56. The standard InChI is InChI=1S/C17H21F3N4/c1-11-9-21-12(2)16(23-11)22-10-15(24(3)4)13-6-5-7-14(8-13)17(18,19)20/h5-9,15H,10H2,1-4H3,(H,22,23). The number of alkyl halides is 3. The zero-order valence-corrected chi connectivity index (χ0v) is 14.1. The van der Waals surface area contributed by atoms with Crippen LogP contribution in [0.4, 0.5) is 19.0 Å². The Bertz CT molecular complexity index is 698. The fourth-order valence-corrected chi connectivity index (χ4v) is 2.42. The van der Waals surface area contributed by atoms with Gasteiger partial charge in [0.05, 0.1) is 23.0 Å². The van der Waals surface area contributed by atoms with E-state index in [2.05, 4.69) is 15.3 Å². The summed E-state index contributed by atoms with van der Waals surface area (Å²) < 4.78 is 38.8. The second-order valence-electron chi connectivity index (χ2n) is 5.93. The van der Waals surface area contributed by atoms with E-state index in [1.807, 2.05) is 32.8 Å². The molecule has 0 fully saturated rings. The van der Waals surface area contributed by atoms with Crippen molar-refractivity contribution in [3.05, 3.63) is 53.0 Å². The number of halogens is 3. The van der Waals surface area contributed by atoms with E-state index < -0.39 is 11.7 Å². The quantitative estimate of drug-likeness (QED) is 0.900. The molecule has 2 rings (SSSR count). The number of rotatable bonds is 5. The third-order valence-corrected chi connectivity index (χ3v) is 3.76. The zero-order chi connectivity index (χ0) is 17.9. The molecule has 0 saturated heterocycles. The number of hydrogen-bond donors (Lipinski definition) is 1. The minimum atomic E-state index is -4.35. The number of aromatic nitrogens is 2. The number of hydrogen-bond acceptors (Lipinski definition) is 4. The first kappa shape index (κ1) is 18.2. The van der Waals surface area contributed by atoms with Gasteiger partial charge in [-0.3, -0.25) is 4.98 Å². The average molecular weight is 338 g/mol. The van der Waals surface area contributed by atoms with Gasteiger partial charge in [-0.25, -0.2) is 4.98 Å². The van der Waals surface area contributed by atoms with Gasteiger partial charge in [0.25, 0.3) is 0 Å². The van der Waals surface area contributed by atoms with Crippen molar-refractivity contribution < 1.29 is 13.2 Å². The van der Waals surface area contributed by atoms with Gasteiger partial charge in [0.15, 0.2) is 0 Å². The maximum absolute atomic E-state index is 12.9. The van der Waals surface area contributed by atoms with E-state index in [1.165, 1.54) is 12.1 Å². The number of benzene rings is 1. The molecule has 0 aliphatic heterocycles. The summed E-state index contributed by atoms with van der Waals surface area (Å²) in [6.45, 7) is 4.10. The average Bonchev–Trinajstić information content (AvgIpc) is 2.50. The first-order valence-electron chi connectivity index (χ1n) is 7.56. The van der Waals surface area contributed by atoms with E-state index in [1.54, 1.807) is 12.3 Å². The molecule has 1 unspecified atom stereocenters. The molecule has 4 nitrogen and oxygen atoms in total. The fourth-order valence-electron chi connectivity index (χ4n) is 2.42. The molecule has 2 aromatic rings. The monoisotopic (exact) mass is 338 g/mol. The van der Waals surface area contributed by atoms with Crippen LogP contribution in [0, 0.1) is 13.8 Å². The van der Waals surface area contributed by atoms with Crippen LogP contribution in [0.3, 0.4) is 0 Å². The Morgan fingerprint density at radius 2 is 1.92 bits per heavy atom. The Morgan fingerprint density at radius 3 is 2.54 bits per heavy atom. The molecule has 1 aromatic heterocycles. The predicted molar refractivity (Wildman–Crippen MR) is 87.9 cm³/mol. The van der Waals surface area contributed by atoms with Gasteiger partial charge in [0, 0.05) is 12.7 Å². The molecule has 7 heteroatoms. The molecule has 0 aliphatic carbocycles. The van der Waals surface area contributed by atoms with Crippen molar-refractivity contribution in [1.82, 2.24) is 14.9 Å². The third-order valence-electron chi connectivity index (χ3n) is 3.76. The normalized spacial score (nSPS) is 13.2. The summed E-state index contributed by atoms with van der Waals surface area (Å²) in [5, 5.41) is 3.20. The molecule has 0 bridgehead atoms. The van der Waals surface area contributed by atoms with Gasteiger partial charge < -0.3 is 10.2 Å². The van der Waals surface area contributed by atoms with Crippen LogP contribution in [0.15, 0.2) is 30.5 Å². The molecule has 0 saturated carbocycles. The summed E-state index contributed by atoms with van der Waals surface area (Å²) in [6.07, 6.45) is -2.67. The van der Waals surface area contributed by atoms with Gasteiger partial charge in [-0.15, -0.1) is 0 Å². The summed E-state index contributed by atoms with van der Waals surface area (Å²) in [7, 11) is 3.67. The number of aryl methyl sites for hydroxylation is 2. The van der Waals surface area contributed by atoms with E-state index in [9.17, 15) is 13.2 Å². The van der Waals surface area contributed by atoms with Crippen molar-refractivity contribution in [2.45, 2.75) is 26.1 Å². The first-order chi connectivity index (χ1) is 11.2. The van der Waals surface area contributed by atoms with E-state index in [0.29, 0.717) is 17.9 Å². The largest absolute Gasteiger partial charge is 0.416 e. The number of nitrogens with one attached hydrogen (secondary N) is 1. The maximum atomic E-state index is 12.9. The van der Waals surface area contributed by atoms with Crippen LogP contribution >= 0.6 is 0 Å². The lowest BCUT2D eigenvalue weighted by molar-refractivity contribution is -0.137. The Morgan fingerprint density at radius 1 is 1.21 bits per heavy atom. The van der Waals surface area contributed by atoms with Crippen LogP contribution in [-0.2, 0) is 6.18 Å². The minimum Gasteiger partial charge on any atom is -0.367 e. The van der Waals surface area contributed by atoms with Crippen molar-refractivity contribution >= 4 is 5.82 Å². The lowest BCUT2D eigenvalue weighted by Gasteiger charge is -2.26. The van der Waals surface area contributed by atoms with E-state index in [4.69, 9.17) is 0 Å². The Labute approximate surface area is 139 Å². The topological polar surface area (TPSA) is 41.1 Å². The summed E-state index contributed by atoms with van der Waals surface area (Å²) in [5.41, 5.74) is 1.49. The Hall–Kier alpha value is -2.15. The second-order valence-corrected chi connectivity index (χ2v) is 5.93. The SMILES string of the molecule is Cc1cnc(C)c(NCC(c2cccc(C(F)(F)F)c2)N(C)C)n1. The lowest BCUT2D eigenvalue weighted by Crippen LogP contribution is -2.27. The van der Waals surface area contributed by atoms with Crippen molar-refractivity contribution in [2.24, 2.45) is 0 Å². The second kappa shape index (κ2) is 7.17. The highest BCUT2D eigenvalue weighted by atomic mass is 19.4. The molecule has 0 aliphatic rings. The van der Waals surface area contributed by atoms with Gasteiger partial charge >= 0.3 is 6.18 Å². The van der Waals surface area contributed by atoms with E-state index in [0.717, 1.165) is 17.5 Å². The van der Waals surface area contributed by atoms with Crippen LogP contribution in [0.5, 0.6) is 0 Å². The molecule has 0 radical (unpaired) electrons. The highest BCUT2D eigenvalue weighted by molar-refractivity contribution is 5.40. The maximum Gasteiger partial charge on any atom is 0.416 e. The van der Waals surface area contributed by atoms with Gasteiger partial charge in [-0.05, 0) is 45.6 Å². The molecular formula is C17H21F3N4. The van der Waals surface area contributed by atoms with Gasteiger partial charge in [0.1, 0.15) is 5.82 Å². The smallest absolute Gasteiger partial charge is 0.367 e. The summed E-state index contributed by atoms with van der Waals surface area (Å²) in [4.78, 5) is 10.5. The summed E-state index contributed by atoms with van der Waals surface area (Å²) >= 11 is 0. The third kappa shape index (κ3) is 4.44. The molecular weight excluding hydrogens is 317 g/mol. The van der Waals surface area contributed by atoms with E-state index >= 15 is 0 Å². The molecule has 1 atom stereocenters. The predicted octanol–water partition coefficient (Wildman–Crippen LogP) is 3.83. The van der Waals surface area contributed by atoms with Crippen LogP contribution in [0.2, 0.25) is 0 Å². The van der Waals surface area contributed by atoms with Crippen molar-refractivity contribution in [2.75, 3.05) is 26.0 Å². The molecule has 130 valence electrons. The summed E-state index contributed by atoms with van der Waals surface area (Å²) in [5.74, 6) is 0.647. The van der Waals surface area contributed by atoms with Crippen LogP contribution < -0.4 is 5.32 Å². The lowest BCUT2D eigenvalue weighted by atomic mass is 10.0. The van der Waals surface area contributed by atoms with Gasteiger partial charge in [-0.1, -0.05) is 12.1 Å². The van der Waals surface area contributed by atoms with Crippen molar-refractivity contribution in [3.8, 4) is 0 Å². The number of anilines is 1. The highest BCUT2D eigenvalue weighted by Crippen LogP contribution is 2.31. The summed E-state index contributed by atoms with van der Waals surface area (Å²) in [6, 6.07) is 5.19. The highest BCUT2D eigenvalue weighted by Gasteiger charge is 2.31. The van der Waals surface area contributed by atoms with Crippen molar-refractivity contribution in [1.29, 1.82) is 0 Å². The van der Waals surface area contributed by atoms with Crippen LogP contribution in [0.1, 0.15) is 28.6 Å². The fraction of sp³-hybridized carbons (Fsp3) is 0.412. The van der Waals surface area contributed by atoms with Crippen LogP contribution in [0.25, 0.3) is 0 Å². The number of likely N-dealkylation sites (N-methyl/N-ethyl adjacent to an activating group) is 1. The van der Waals surface area contributed by atoms with Crippen LogP contribution in [-0.4, -0.2) is 35.5 Å². The van der Waals surface area contributed by atoms with Gasteiger partial charge in [-0.2, -0.15) is 13.2 Å². The van der Waals surface area contributed by atoms with Gasteiger partial charge in [0.2, 0.25) is 0 Å². The molecule has 1 aromatic carbocycles. The minimum absolute atomic E-state index is 0.228. The number of nitrogens with zero attached hydrogens (tertiary/aromatic N) is 3. The molecule has 24 heavy (non-hydrogen) atoms. The molecule has 1 N–H and O–H groups in total. The molecule has 1 heterocycles. The zero-order valence-electron chi connectivity index (χ0n) is 14.1.